The summed E-state index contributed by atoms with van der Waals surface area (Å²) in [5, 5.41) is 12.5. The minimum Gasteiger partial charge on any atom is -0.445 e. The molecule has 1 amide bonds. The Labute approximate surface area is 106 Å². The molecule has 1 aliphatic rings. The predicted molar refractivity (Wildman–Crippen MR) is 65.0 cm³/mol. The Morgan fingerprint density at radius 2 is 2.22 bits per heavy atom. The van der Waals surface area contributed by atoms with E-state index in [9.17, 15) is 9.90 Å². The fourth-order valence-corrected chi connectivity index (χ4v) is 1.75. The van der Waals surface area contributed by atoms with E-state index in [0.717, 1.165) is 5.56 Å². The third-order valence-electron chi connectivity index (χ3n) is 2.86. The Hall–Kier alpha value is -1.59. The third kappa shape index (κ3) is 3.72. The number of rotatable bonds is 4. The van der Waals surface area contributed by atoms with Crippen LogP contribution in [0.15, 0.2) is 30.3 Å². The molecule has 1 heterocycles. The Balaban J connectivity index is 1.69. The Morgan fingerprint density at radius 3 is 2.89 bits per heavy atom. The predicted octanol–water partition coefficient (Wildman–Crippen LogP) is 1.06. The average Bonchev–Trinajstić information content (AvgIpc) is 2.83. The van der Waals surface area contributed by atoms with Crippen molar-refractivity contribution in [2.75, 3.05) is 19.8 Å². The largest absolute Gasteiger partial charge is 0.445 e. The number of benzene rings is 1. The van der Waals surface area contributed by atoms with E-state index in [4.69, 9.17) is 9.47 Å². The van der Waals surface area contributed by atoms with Crippen molar-refractivity contribution in [3.8, 4) is 0 Å². The van der Waals surface area contributed by atoms with E-state index in [1.54, 1.807) is 0 Å². The van der Waals surface area contributed by atoms with Crippen LogP contribution in [0.1, 0.15) is 12.0 Å². The molecule has 0 bridgehead atoms. The summed E-state index contributed by atoms with van der Waals surface area (Å²) in [6.07, 6.45) is 0.00516. The van der Waals surface area contributed by atoms with Gasteiger partial charge in [0.1, 0.15) is 12.2 Å². The van der Waals surface area contributed by atoms with Crippen LogP contribution in [0.4, 0.5) is 4.79 Å². The first-order valence-electron chi connectivity index (χ1n) is 5.93. The fourth-order valence-electron chi connectivity index (χ4n) is 1.75. The molecular weight excluding hydrogens is 234 g/mol. The lowest BCUT2D eigenvalue weighted by Crippen LogP contribution is -2.43. The van der Waals surface area contributed by atoms with Crippen LogP contribution in [0, 0.1) is 0 Å². The van der Waals surface area contributed by atoms with Crippen molar-refractivity contribution in [1.29, 1.82) is 0 Å². The second kappa shape index (κ2) is 5.84. The summed E-state index contributed by atoms with van der Waals surface area (Å²) < 4.78 is 10.1. The fraction of sp³-hybridized carbons (Fsp3) is 0.462. The van der Waals surface area contributed by atoms with Crippen LogP contribution in [0.2, 0.25) is 0 Å². The zero-order valence-corrected chi connectivity index (χ0v) is 10.1. The van der Waals surface area contributed by atoms with Gasteiger partial charge in [-0.3, -0.25) is 0 Å². The van der Waals surface area contributed by atoms with Crippen molar-refractivity contribution >= 4 is 6.09 Å². The standard InChI is InChI=1S/C13H17NO4/c15-12(14-9-13(16)6-7-17-10-13)18-8-11-4-2-1-3-5-11/h1-5,16H,6-10H2,(H,14,15)/t13-/m1/s1. The van der Waals surface area contributed by atoms with Gasteiger partial charge in [0.25, 0.3) is 0 Å². The molecule has 0 radical (unpaired) electrons. The minimum atomic E-state index is -0.953. The quantitative estimate of drug-likeness (QED) is 0.839. The molecule has 1 saturated heterocycles. The maximum Gasteiger partial charge on any atom is 0.407 e. The molecule has 0 saturated carbocycles. The maximum atomic E-state index is 11.4. The number of ether oxygens (including phenoxy) is 2. The van der Waals surface area contributed by atoms with Gasteiger partial charge in [-0.15, -0.1) is 0 Å². The van der Waals surface area contributed by atoms with Gasteiger partial charge in [-0.25, -0.2) is 4.79 Å². The van der Waals surface area contributed by atoms with Gasteiger partial charge in [-0.2, -0.15) is 0 Å². The molecule has 1 fully saturated rings. The number of aliphatic hydroxyl groups is 1. The molecule has 0 aliphatic carbocycles. The first kappa shape index (κ1) is 12.9. The van der Waals surface area contributed by atoms with Gasteiger partial charge in [-0.1, -0.05) is 30.3 Å². The van der Waals surface area contributed by atoms with Crippen LogP contribution in [-0.4, -0.2) is 36.6 Å². The molecule has 5 heteroatoms. The highest BCUT2D eigenvalue weighted by molar-refractivity contribution is 5.67. The zero-order chi connectivity index (χ0) is 12.8. The number of carbonyl (C=O) groups excluding carboxylic acids is 1. The summed E-state index contributed by atoms with van der Waals surface area (Å²) in [6, 6.07) is 9.43. The molecule has 5 nitrogen and oxygen atoms in total. The van der Waals surface area contributed by atoms with Crippen molar-refractivity contribution in [2.45, 2.75) is 18.6 Å². The lowest BCUT2D eigenvalue weighted by Gasteiger charge is -2.20. The second-order valence-corrected chi connectivity index (χ2v) is 4.44. The van der Waals surface area contributed by atoms with E-state index in [-0.39, 0.29) is 19.8 Å². The molecule has 2 rings (SSSR count). The average molecular weight is 251 g/mol. The highest BCUT2D eigenvalue weighted by Gasteiger charge is 2.32. The van der Waals surface area contributed by atoms with Crippen molar-refractivity contribution in [2.24, 2.45) is 0 Å². The van der Waals surface area contributed by atoms with Gasteiger partial charge in [-0.05, 0) is 5.56 Å². The van der Waals surface area contributed by atoms with E-state index in [1.807, 2.05) is 30.3 Å². The first-order chi connectivity index (χ1) is 8.68. The lowest BCUT2D eigenvalue weighted by molar-refractivity contribution is 0.0256. The summed E-state index contributed by atoms with van der Waals surface area (Å²) in [5.41, 5.74) is -0.0262. The molecule has 0 spiro atoms. The van der Waals surface area contributed by atoms with Gasteiger partial charge in [0.2, 0.25) is 0 Å². The van der Waals surface area contributed by atoms with E-state index >= 15 is 0 Å². The summed E-state index contributed by atoms with van der Waals surface area (Å²) in [4.78, 5) is 11.4. The number of hydrogen-bond donors (Lipinski definition) is 2. The lowest BCUT2D eigenvalue weighted by atomic mass is 10.0. The Morgan fingerprint density at radius 1 is 1.44 bits per heavy atom. The van der Waals surface area contributed by atoms with Crippen LogP contribution in [-0.2, 0) is 16.1 Å². The first-order valence-corrected chi connectivity index (χ1v) is 5.93. The van der Waals surface area contributed by atoms with E-state index in [1.165, 1.54) is 0 Å². The summed E-state index contributed by atoms with van der Waals surface area (Å²) in [5.74, 6) is 0. The van der Waals surface area contributed by atoms with Gasteiger partial charge < -0.3 is 19.9 Å². The van der Waals surface area contributed by atoms with Crippen LogP contribution in [0.25, 0.3) is 0 Å². The molecule has 98 valence electrons. The highest BCUT2D eigenvalue weighted by atomic mass is 16.5. The van der Waals surface area contributed by atoms with Gasteiger partial charge >= 0.3 is 6.09 Å². The topological polar surface area (TPSA) is 67.8 Å². The molecule has 1 aromatic rings. The Kier molecular flexibility index (Phi) is 4.17. The van der Waals surface area contributed by atoms with Crippen molar-refractivity contribution in [3.63, 3.8) is 0 Å². The normalized spacial score (nSPS) is 22.7. The Bertz CT molecular complexity index is 387. The molecule has 0 aromatic heterocycles. The SMILES string of the molecule is O=C(NC[C@]1(O)CCOC1)OCc1ccccc1. The second-order valence-electron chi connectivity index (χ2n) is 4.44. The van der Waals surface area contributed by atoms with Crippen molar-refractivity contribution < 1.29 is 19.4 Å². The molecule has 1 aliphatic heterocycles. The van der Waals surface area contributed by atoms with Gasteiger partial charge in [0, 0.05) is 13.0 Å². The monoisotopic (exact) mass is 251 g/mol. The number of alkyl carbamates (subject to hydrolysis) is 1. The van der Waals surface area contributed by atoms with E-state index < -0.39 is 11.7 Å². The number of amides is 1. The maximum absolute atomic E-state index is 11.4. The van der Waals surface area contributed by atoms with Crippen LogP contribution >= 0.6 is 0 Å². The summed E-state index contributed by atoms with van der Waals surface area (Å²) in [6.45, 7) is 1.16. The molecule has 0 unspecified atom stereocenters. The van der Waals surface area contributed by atoms with Crippen LogP contribution in [0.3, 0.4) is 0 Å². The minimum absolute atomic E-state index is 0.153. The molecule has 2 N–H and O–H groups in total. The zero-order valence-electron chi connectivity index (χ0n) is 10.1. The van der Waals surface area contributed by atoms with Gasteiger partial charge in [0.15, 0.2) is 0 Å². The van der Waals surface area contributed by atoms with E-state index in [2.05, 4.69) is 5.32 Å². The highest BCUT2D eigenvalue weighted by Crippen LogP contribution is 2.16. The number of nitrogens with one attached hydrogen (secondary N) is 1. The number of hydrogen-bond acceptors (Lipinski definition) is 4. The summed E-state index contributed by atoms with van der Waals surface area (Å²) in [7, 11) is 0. The van der Waals surface area contributed by atoms with E-state index in [0.29, 0.717) is 13.0 Å². The molecular formula is C13H17NO4. The molecule has 18 heavy (non-hydrogen) atoms. The van der Waals surface area contributed by atoms with Crippen molar-refractivity contribution in [3.05, 3.63) is 35.9 Å². The smallest absolute Gasteiger partial charge is 0.407 e. The molecule has 1 atom stereocenters. The van der Waals surface area contributed by atoms with Crippen LogP contribution < -0.4 is 5.32 Å². The van der Waals surface area contributed by atoms with Gasteiger partial charge in [0.05, 0.1) is 13.2 Å². The number of carbonyl (C=O) groups is 1. The molecule has 1 aromatic carbocycles. The van der Waals surface area contributed by atoms with Crippen molar-refractivity contribution in [1.82, 2.24) is 5.32 Å². The summed E-state index contributed by atoms with van der Waals surface area (Å²) >= 11 is 0. The third-order valence-corrected chi connectivity index (χ3v) is 2.86. The van der Waals surface area contributed by atoms with Crippen LogP contribution in [0.5, 0.6) is 0 Å².